The molecule has 0 amide bonds. The van der Waals surface area contributed by atoms with Gasteiger partial charge >= 0.3 is 17.8 Å². The number of ether oxygens (including phenoxy) is 2. The predicted molar refractivity (Wildman–Crippen MR) is 162 cm³/mol. The number of carbonyl (C=O) groups excluding carboxylic acids is 1. The monoisotopic (exact) mass is 601 g/mol. The van der Waals surface area contributed by atoms with Crippen LogP contribution < -0.4 is 10.4 Å². The number of alkyl halides is 3. The first-order chi connectivity index (χ1) is 20.6. The van der Waals surface area contributed by atoms with Gasteiger partial charge in [0, 0.05) is 22.6 Å². The molecule has 1 aromatic carbocycles. The summed E-state index contributed by atoms with van der Waals surface area (Å²) in [4.78, 5) is 28.3. The van der Waals surface area contributed by atoms with Crippen LogP contribution in [0.4, 0.5) is 13.2 Å². The average molecular weight is 602 g/mol. The van der Waals surface area contributed by atoms with Crippen molar-refractivity contribution in [3.63, 3.8) is 0 Å². The molecule has 0 unspecified atom stereocenters. The highest BCUT2D eigenvalue weighted by Gasteiger charge is 2.34. The molecule has 2 heterocycles. The number of hydrogen-bond donors (Lipinski definition) is 0. The van der Waals surface area contributed by atoms with Gasteiger partial charge in [-0.2, -0.15) is 18.2 Å². The van der Waals surface area contributed by atoms with E-state index in [4.69, 9.17) is 13.9 Å². The molecule has 0 radical (unpaired) electrons. The van der Waals surface area contributed by atoms with Gasteiger partial charge in [0.15, 0.2) is 0 Å². The SMILES string of the molecule is C=C(C)C(=O)OCCCCCCCCCCCOc1ccc2cc(-c3ccc(CCCC)cc3C(F)(F)F)c(=O)oc2n1. The van der Waals surface area contributed by atoms with Gasteiger partial charge < -0.3 is 13.9 Å². The van der Waals surface area contributed by atoms with Crippen molar-refractivity contribution in [2.24, 2.45) is 0 Å². The van der Waals surface area contributed by atoms with Crippen LogP contribution in [0.15, 0.2) is 57.8 Å². The second-order valence-corrected chi connectivity index (χ2v) is 10.9. The number of rotatable bonds is 18. The van der Waals surface area contributed by atoms with Crippen molar-refractivity contribution in [2.45, 2.75) is 97.1 Å². The molecule has 0 saturated heterocycles. The van der Waals surface area contributed by atoms with E-state index in [0.29, 0.717) is 42.0 Å². The Morgan fingerprint density at radius 1 is 0.884 bits per heavy atom. The number of esters is 1. The summed E-state index contributed by atoms with van der Waals surface area (Å²) in [5, 5.41) is 0.415. The van der Waals surface area contributed by atoms with Gasteiger partial charge in [0.05, 0.1) is 24.3 Å². The minimum absolute atomic E-state index is 0.0216. The maximum atomic E-state index is 13.9. The number of aryl methyl sites for hydroxylation is 1. The Hall–Kier alpha value is -3.62. The summed E-state index contributed by atoms with van der Waals surface area (Å²) < 4.78 is 57.9. The Bertz CT molecular complexity index is 1410. The van der Waals surface area contributed by atoms with Gasteiger partial charge in [-0.25, -0.2) is 9.59 Å². The smallest absolute Gasteiger partial charge is 0.417 e. The van der Waals surface area contributed by atoms with Gasteiger partial charge in [-0.15, -0.1) is 0 Å². The number of unbranched alkanes of at least 4 members (excludes halogenated alkanes) is 9. The zero-order valence-electron chi connectivity index (χ0n) is 25.2. The van der Waals surface area contributed by atoms with E-state index in [0.717, 1.165) is 76.7 Å². The van der Waals surface area contributed by atoms with Crippen LogP contribution in [0.1, 0.15) is 95.6 Å². The van der Waals surface area contributed by atoms with E-state index in [1.165, 1.54) is 12.1 Å². The molecule has 0 atom stereocenters. The zero-order chi connectivity index (χ0) is 31.2. The normalized spacial score (nSPS) is 11.6. The molecule has 0 fully saturated rings. The second kappa shape index (κ2) is 16.9. The summed E-state index contributed by atoms with van der Waals surface area (Å²) in [6.45, 7) is 8.09. The van der Waals surface area contributed by atoms with Crippen LogP contribution in [0.2, 0.25) is 0 Å². The van der Waals surface area contributed by atoms with E-state index < -0.39 is 17.4 Å². The molecule has 43 heavy (non-hydrogen) atoms. The van der Waals surface area contributed by atoms with Gasteiger partial charge in [-0.3, -0.25) is 0 Å². The van der Waals surface area contributed by atoms with E-state index in [-0.39, 0.29) is 22.8 Å². The molecular weight excluding hydrogens is 559 g/mol. The molecule has 0 aliphatic rings. The highest BCUT2D eigenvalue weighted by Crippen LogP contribution is 2.37. The third-order valence-electron chi connectivity index (χ3n) is 7.19. The number of carbonyl (C=O) groups is 1. The number of nitrogens with zero attached hydrogens (tertiary/aromatic N) is 1. The number of fused-ring (bicyclic) bond motifs is 1. The van der Waals surface area contributed by atoms with E-state index in [9.17, 15) is 22.8 Å². The van der Waals surface area contributed by atoms with E-state index in [2.05, 4.69) is 11.6 Å². The number of aromatic nitrogens is 1. The van der Waals surface area contributed by atoms with Crippen molar-refractivity contribution in [3.8, 4) is 17.0 Å². The highest BCUT2D eigenvalue weighted by atomic mass is 19.4. The van der Waals surface area contributed by atoms with Gasteiger partial charge in [0.25, 0.3) is 0 Å². The van der Waals surface area contributed by atoms with Crippen LogP contribution >= 0.6 is 0 Å². The fraction of sp³-hybridized carbons (Fsp3) is 0.500. The van der Waals surface area contributed by atoms with Gasteiger partial charge in [-0.1, -0.05) is 77.0 Å². The Morgan fingerprint density at radius 2 is 1.53 bits per heavy atom. The molecule has 0 saturated carbocycles. The summed E-state index contributed by atoms with van der Waals surface area (Å²) in [5.41, 5.74) is -1.05. The third kappa shape index (κ3) is 10.9. The lowest BCUT2D eigenvalue weighted by Crippen LogP contribution is -2.12. The first-order valence-corrected chi connectivity index (χ1v) is 15.2. The predicted octanol–water partition coefficient (Wildman–Crippen LogP) is 9.23. The van der Waals surface area contributed by atoms with Crippen LogP contribution in [0, 0.1) is 0 Å². The highest BCUT2D eigenvalue weighted by molar-refractivity contribution is 5.86. The second-order valence-electron chi connectivity index (χ2n) is 10.9. The average Bonchev–Trinajstić information content (AvgIpc) is 2.97. The lowest BCUT2D eigenvalue weighted by atomic mass is 9.96. The third-order valence-corrected chi connectivity index (χ3v) is 7.19. The summed E-state index contributed by atoms with van der Waals surface area (Å²) in [6.07, 6.45) is 7.03. The van der Waals surface area contributed by atoms with Crippen molar-refractivity contribution in [3.05, 3.63) is 70.1 Å². The van der Waals surface area contributed by atoms with Crippen molar-refractivity contribution >= 4 is 17.1 Å². The molecule has 0 aliphatic carbocycles. The summed E-state index contributed by atoms with van der Waals surface area (Å²) in [6, 6.07) is 8.77. The summed E-state index contributed by atoms with van der Waals surface area (Å²) in [5.74, 6) is -0.0278. The quantitative estimate of drug-likeness (QED) is 0.0822. The van der Waals surface area contributed by atoms with Crippen molar-refractivity contribution in [2.75, 3.05) is 13.2 Å². The standard InChI is InChI=1S/C34H42F3NO5/c1-4-5-15-25-16-18-27(29(22-25)34(35,36)37)28-23-26-17-19-30(38-31(26)43-33(28)40)41-20-13-11-9-7-6-8-10-12-14-21-42-32(39)24(2)3/h16-19,22-23H,2,4-15,20-21H2,1,3H3. The summed E-state index contributed by atoms with van der Waals surface area (Å²) >= 11 is 0. The minimum Gasteiger partial charge on any atom is -0.478 e. The zero-order valence-corrected chi connectivity index (χ0v) is 25.2. The molecule has 9 heteroatoms. The first kappa shape index (κ1) is 33.9. The molecule has 234 valence electrons. The Kier molecular flexibility index (Phi) is 13.3. The van der Waals surface area contributed by atoms with Crippen molar-refractivity contribution in [1.82, 2.24) is 4.98 Å². The lowest BCUT2D eigenvalue weighted by Gasteiger charge is -2.14. The molecule has 0 bridgehead atoms. The van der Waals surface area contributed by atoms with E-state index >= 15 is 0 Å². The fourth-order valence-corrected chi connectivity index (χ4v) is 4.75. The maximum Gasteiger partial charge on any atom is 0.417 e. The molecule has 0 N–H and O–H groups in total. The van der Waals surface area contributed by atoms with Crippen LogP contribution in [-0.2, 0) is 22.1 Å². The van der Waals surface area contributed by atoms with Gasteiger partial charge in [-0.05, 0) is 56.4 Å². The molecule has 3 aromatic rings. The van der Waals surface area contributed by atoms with Crippen LogP contribution in [0.25, 0.3) is 22.2 Å². The summed E-state index contributed by atoms with van der Waals surface area (Å²) in [7, 11) is 0. The van der Waals surface area contributed by atoms with Crippen LogP contribution in [0.3, 0.4) is 0 Å². The topological polar surface area (TPSA) is 78.6 Å². The van der Waals surface area contributed by atoms with E-state index in [1.54, 1.807) is 25.1 Å². The molecule has 6 nitrogen and oxygen atoms in total. The largest absolute Gasteiger partial charge is 0.478 e. The molecular formula is C34H42F3NO5. The molecule has 0 aliphatic heterocycles. The Balaban J connectivity index is 1.44. The fourth-order valence-electron chi connectivity index (χ4n) is 4.75. The van der Waals surface area contributed by atoms with E-state index in [1.807, 2.05) is 6.92 Å². The number of benzene rings is 1. The molecule has 3 rings (SSSR count). The van der Waals surface area contributed by atoms with Gasteiger partial charge in [0.2, 0.25) is 11.6 Å². The van der Waals surface area contributed by atoms with Crippen LogP contribution in [0.5, 0.6) is 5.88 Å². The minimum atomic E-state index is -4.61. The number of halogens is 3. The molecule has 2 aromatic heterocycles. The van der Waals surface area contributed by atoms with Crippen molar-refractivity contribution < 1.29 is 31.9 Å². The van der Waals surface area contributed by atoms with Crippen LogP contribution in [-0.4, -0.2) is 24.2 Å². The Morgan fingerprint density at radius 3 is 2.16 bits per heavy atom. The lowest BCUT2D eigenvalue weighted by molar-refractivity contribution is -0.139. The maximum absolute atomic E-state index is 13.9. The number of pyridine rings is 1. The van der Waals surface area contributed by atoms with Crippen molar-refractivity contribution in [1.29, 1.82) is 0 Å². The number of hydrogen-bond acceptors (Lipinski definition) is 6. The first-order valence-electron chi connectivity index (χ1n) is 15.2. The van der Waals surface area contributed by atoms with Gasteiger partial charge in [0.1, 0.15) is 0 Å². The molecule has 0 spiro atoms. The Labute approximate surface area is 251 Å².